The Bertz CT molecular complexity index is 870. The van der Waals surface area contributed by atoms with Crippen molar-refractivity contribution in [3.63, 3.8) is 0 Å². The fraction of sp³-hybridized carbons (Fsp3) is 0.611. The van der Waals surface area contributed by atoms with Gasteiger partial charge in [-0.15, -0.1) is 0 Å². The summed E-state index contributed by atoms with van der Waals surface area (Å²) in [5, 5.41) is 0.326. The van der Waals surface area contributed by atoms with E-state index >= 15 is 0 Å². The van der Waals surface area contributed by atoms with Crippen molar-refractivity contribution in [3.05, 3.63) is 24.0 Å². The number of rotatable bonds is 4. The molecule has 2 fully saturated rings. The number of fused-ring (bicyclic) bond motifs is 1. The van der Waals surface area contributed by atoms with Gasteiger partial charge in [-0.05, 0) is 43.9 Å². The summed E-state index contributed by atoms with van der Waals surface area (Å²) in [5.74, 6) is -0.283. The minimum atomic E-state index is -3.18. The average molecular weight is 399 g/mol. The number of sulfonamides is 1. The largest absolute Gasteiger partial charge is 0.467 e. The van der Waals surface area contributed by atoms with Crippen LogP contribution >= 0.6 is 11.3 Å². The lowest BCUT2D eigenvalue weighted by Gasteiger charge is -2.34. The maximum atomic E-state index is 13.3. The lowest BCUT2D eigenvalue weighted by atomic mass is 10.0. The fourth-order valence-electron chi connectivity index (χ4n) is 3.85. The first-order valence-electron chi connectivity index (χ1n) is 9.24. The van der Waals surface area contributed by atoms with E-state index < -0.39 is 10.0 Å². The molecule has 1 saturated heterocycles. The minimum absolute atomic E-state index is 0.0433. The van der Waals surface area contributed by atoms with Crippen LogP contribution in [0.1, 0.15) is 44.9 Å². The summed E-state index contributed by atoms with van der Waals surface area (Å²) in [6.45, 7) is 1.01. The van der Waals surface area contributed by atoms with Gasteiger partial charge in [-0.25, -0.2) is 22.1 Å². The quantitative estimate of drug-likeness (QED) is 0.783. The summed E-state index contributed by atoms with van der Waals surface area (Å²) in [4.78, 5) is 4.39. The van der Waals surface area contributed by atoms with Gasteiger partial charge in [0.25, 0.3) is 5.19 Å². The Morgan fingerprint density at radius 3 is 2.58 bits per heavy atom. The van der Waals surface area contributed by atoms with E-state index in [0.29, 0.717) is 31.1 Å². The Morgan fingerprint density at radius 2 is 1.85 bits per heavy atom. The third kappa shape index (κ3) is 3.73. The van der Waals surface area contributed by atoms with Crippen LogP contribution in [0.2, 0.25) is 0 Å². The molecule has 8 heteroatoms. The standard InChI is InChI=1S/C18H23FN2O3S2/c19-13-6-7-16-17(12-13)25-18(20-16)24-14-8-10-21(11-9-14)26(22,23)15-4-2-1-3-5-15/h6-7,12,14-15H,1-5,8-11H2. The van der Waals surface area contributed by atoms with Gasteiger partial charge in [0, 0.05) is 13.1 Å². The molecule has 26 heavy (non-hydrogen) atoms. The number of thiazole rings is 1. The molecule has 1 aromatic heterocycles. The molecule has 1 aromatic carbocycles. The van der Waals surface area contributed by atoms with Gasteiger partial charge in [0.15, 0.2) is 0 Å². The molecular formula is C18H23FN2O3S2. The van der Waals surface area contributed by atoms with Crippen molar-refractivity contribution in [1.82, 2.24) is 9.29 Å². The Kier molecular flexibility index (Phi) is 5.16. The Hall–Kier alpha value is -1.25. The van der Waals surface area contributed by atoms with Crippen molar-refractivity contribution in [3.8, 4) is 5.19 Å². The van der Waals surface area contributed by atoms with E-state index in [1.54, 1.807) is 10.4 Å². The number of nitrogens with zero attached hydrogens (tertiary/aromatic N) is 2. The van der Waals surface area contributed by atoms with E-state index in [9.17, 15) is 12.8 Å². The predicted octanol–water partition coefficient (Wildman–Crippen LogP) is 3.94. The fourth-order valence-corrected chi connectivity index (χ4v) is 6.83. The summed E-state index contributed by atoms with van der Waals surface area (Å²) in [6, 6.07) is 4.49. The third-order valence-electron chi connectivity index (χ3n) is 5.33. The SMILES string of the molecule is O=S(=O)(C1CCCCC1)N1CCC(Oc2nc3ccc(F)cc3s2)CC1. The van der Waals surface area contributed by atoms with Crippen LogP contribution in [0.15, 0.2) is 18.2 Å². The summed E-state index contributed by atoms with van der Waals surface area (Å²) in [6.07, 6.45) is 6.05. The van der Waals surface area contributed by atoms with Gasteiger partial charge >= 0.3 is 0 Å². The van der Waals surface area contributed by atoms with Crippen molar-refractivity contribution in [2.24, 2.45) is 0 Å². The van der Waals surface area contributed by atoms with Gasteiger partial charge in [0.05, 0.1) is 15.5 Å². The van der Waals surface area contributed by atoms with Crippen molar-refractivity contribution in [1.29, 1.82) is 0 Å². The number of hydrogen-bond donors (Lipinski definition) is 0. The molecule has 2 aliphatic rings. The maximum Gasteiger partial charge on any atom is 0.274 e. The highest BCUT2D eigenvalue weighted by atomic mass is 32.2. The van der Waals surface area contributed by atoms with Crippen LogP contribution in [0, 0.1) is 5.82 Å². The number of aromatic nitrogens is 1. The average Bonchev–Trinajstić information content (AvgIpc) is 3.04. The molecule has 0 bridgehead atoms. The number of ether oxygens (including phenoxy) is 1. The zero-order valence-corrected chi connectivity index (χ0v) is 16.2. The smallest absolute Gasteiger partial charge is 0.274 e. The Balaban J connectivity index is 1.37. The summed E-state index contributed by atoms with van der Waals surface area (Å²) in [7, 11) is -3.18. The molecule has 0 atom stereocenters. The van der Waals surface area contributed by atoms with Crippen LogP contribution in [0.3, 0.4) is 0 Å². The van der Waals surface area contributed by atoms with Gasteiger partial charge in [-0.1, -0.05) is 30.6 Å². The van der Waals surface area contributed by atoms with Gasteiger partial charge in [-0.2, -0.15) is 0 Å². The molecule has 0 spiro atoms. The monoisotopic (exact) mass is 398 g/mol. The van der Waals surface area contributed by atoms with Crippen LogP contribution in [0.4, 0.5) is 4.39 Å². The normalized spacial score (nSPS) is 21.3. The Labute approximate surface area is 157 Å². The molecule has 1 aliphatic carbocycles. The van der Waals surface area contributed by atoms with E-state index in [4.69, 9.17) is 4.74 Å². The predicted molar refractivity (Wildman–Crippen MR) is 101 cm³/mol. The number of hydrogen-bond acceptors (Lipinski definition) is 5. The topological polar surface area (TPSA) is 59.5 Å². The van der Waals surface area contributed by atoms with Gasteiger partial charge < -0.3 is 4.74 Å². The molecule has 4 rings (SSSR count). The highest BCUT2D eigenvalue weighted by molar-refractivity contribution is 7.89. The summed E-state index contributed by atoms with van der Waals surface area (Å²) < 4.78 is 47.2. The molecule has 1 aliphatic heterocycles. The van der Waals surface area contributed by atoms with Crippen LogP contribution in [-0.4, -0.2) is 42.2 Å². The maximum absolute atomic E-state index is 13.3. The molecule has 2 heterocycles. The minimum Gasteiger partial charge on any atom is -0.467 e. The molecular weight excluding hydrogens is 375 g/mol. The molecule has 0 N–H and O–H groups in total. The molecule has 1 saturated carbocycles. The molecule has 0 unspecified atom stereocenters. The lowest BCUT2D eigenvalue weighted by molar-refractivity contribution is 0.134. The van der Waals surface area contributed by atoms with E-state index in [0.717, 1.165) is 42.3 Å². The molecule has 5 nitrogen and oxygen atoms in total. The summed E-state index contributed by atoms with van der Waals surface area (Å²) in [5.41, 5.74) is 0.726. The number of piperidine rings is 1. The second-order valence-electron chi connectivity index (χ2n) is 7.11. The van der Waals surface area contributed by atoms with Crippen LogP contribution < -0.4 is 4.74 Å². The van der Waals surface area contributed by atoms with E-state index in [1.807, 2.05) is 0 Å². The lowest BCUT2D eigenvalue weighted by Crippen LogP contribution is -2.46. The van der Waals surface area contributed by atoms with Gasteiger partial charge in [0.1, 0.15) is 11.9 Å². The van der Waals surface area contributed by atoms with E-state index in [2.05, 4.69) is 4.98 Å². The molecule has 142 valence electrons. The van der Waals surface area contributed by atoms with Crippen LogP contribution in [-0.2, 0) is 10.0 Å². The van der Waals surface area contributed by atoms with Crippen molar-refractivity contribution >= 4 is 31.6 Å². The molecule has 0 amide bonds. The first-order valence-corrected chi connectivity index (χ1v) is 11.6. The van der Waals surface area contributed by atoms with Crippen molar-refractivity contribution in [2.75, 3.05) is 13.1 Å². The summed E-state index contributed by atoms with van der Waals surface area (Å²) >= 11 is 1.33. The van der Waals surface area contributed by atoms with Gasteiger partial charge in [0.2, 0.25) is 10.0 Å². The van der Waals surface area contributed by atoms with E-state index in [1.165, 1.54) is 23.5 Å². The van der Waals surface area contributed by atoms with Gasteiger partial charge in [-0.3, -0.25) is 0 Å². The third-order valence-corrected chi connectivity index (χ3v) is 8.64. The first kappa shape index (κ1) is 18.1. The number of benzene rings is 1. The van der Waals surface area contributed by atoms with Crippen molar-refractivity contribution in [2.45, 2.75) is 56.3 Å². The molecule has 2 aromatic rings. The Morgan fingerprint density at radius 1 is 1.12 bits per heavy atom. The first-order chi connectivity index (χ1) is 12.5. The van der Waals surface area contributed by atoms with E-state index in [-0.39, 0.29) is 17.2 Å². The zero-order valence-electron chi connectivity index (χ0n) is 14.6. The highest BCUT2D eigenvalue weighted by Gasteiger charge is 2.35. The second kappa shape index (κ2) is 7.40. The van der Waals surface area contributed by atoms with Crippen LogP contribution in [0.25, 0.3) is 10.2 Å². The second-order valence-corrected chi connectivity index (χ2v) is 10.3. The number of halogens is 1. The molecule has 0 radical (unpaired) electrons. The van der Waals surface area contributed by atoms with Crippen molar-refractivity contribution < 1.29 is 17.5 Å². The zero-order chi connectivity index (χ0) is 18.1. The highest BCUT2D eigenvalue weighted by Crippen LogP contribution is 2.32. The van der Waals surface area contributed by atoms with Crippen LogP contribution in [0.5, 0.6) is 5.19 Å².